The van der Waals surface area contributed by atoms with Crippen molar-refractivity contribution < 1.29 is 4.79 Å². The van der Waals surface area contributed by atoms with Gasteiger partial charge < -0.3 is 10.2 Å². The van der Waals surface area contributed by atoms with Gasteiger partial charge in [-0.3, -0.25) is 4.79 Å². The number of anilines is 1. The van der Waals surface area contributed by atoms with Crippen LogP contribution in [0, 0.1) is 3.57 Å². The zero-order valence-electron chi connectivity index (χ0n) is 8.11. The van der Waals surface area contributed by atoms with Crippen LogP contribution < -0.4 is 10.2 Å². The molecule has 6 heteroatoms. The Morgan fingerprint density at radius 2 is 2.13 bits per heavy atom. The minimum Gasteiger partial charge on any atom is -0.354 e. The molecule has 0 aromatic carbocycles. The molecule has 1 N–H and O–H groups in total. The van der Waals surface area contributed by atoms with E-state index in [4.69, 9.17) is 0 Å². The Kier molecular flexibility index (Phi) is 3.34. The summed E-state index contributed by atoms with van der Waals surface area (Å²) in [6.45, 7) is 1.90. The summed E-state index contributed by atoms with van der Waals surface area (Å²) in [6.07, 6.45) is 4.44. The molecule has 1 saturated heterocycles. The zero-order valence-corrected chi connectivity index (χ0v) is 10.3. The number of carbonyl (C=O) groups is 1. The van der Waals surface area contributed by atoms with Gasteiger partial charge in [-0.2, -0.15) is 0 Å². The fourth-order valence-corrected chi connectivity index (χ4v) is 1.72. The SMILES string of the molecule is O=C1CN(c2ncc(I)cn2)CCCN1. The molecule has 1 aliphatic rings. The molecule has 0 bridgehead atoms. The second kappa shape index (κ2) is 4.73. The van der Waals surface area contributed by atoms with Crippen molar-refractivity contribution in [2.45, 2.75) is 6.42 Å². The van der Waals surface area contributed by atoms with Crippen LogP contribution in [0.2, 0.25) is 0 Å². The molecule has 2 heterocycles. The molecular formula is C9H11IN4O. The number of amides is 1. The lowest BCUT2D eigenvalue weighted by atomic mass is 10.4. The smallest absolute Gasteiger partial charge is 0.239 e. The highest BCUT2D eigenvalue weighted by molar-refractivity contribution is 14.1. The van der Waals surface area contributed by atoms with Gasteiger partial charge in [0, 0.05) is 29.1 Å². The molecule has 0 radical (unpaired) electrons. The summed E-state index contributed by atoms with van der Waals surface area (Å²) in [5.41, 5.74) is 0. The summed E-state index contributed by atoms with van der Waals surface area (Å²) in [5, 5.41) is 2.82. The molecule has 0 saturated carbocycles. The van der Waals surface area contributed by atoms with E-state index >= 15 is 0 Å². The van der Waals surface area contributed by atoms with Gasteiger partial charge in [0.1, 0.15) is 0 Å². The average Bonchev–Trinajstić information content (AvgIpc) is 2.44. The molecule has 1 aromatic rings. The summed E-state index contributed by atoms with van der Waals surface area (Å²) in [4.78, 5) is 21.6. The Morgan fingerprint density at radius 3 is 2.87 bits per heavy atom. The van der Waals surface area contributed by atoms with Gasteiger partial charge in [0.2, 0.25) is 11.9 Å². The highest BCUT2D eigenvalue weighted by Gasteiger charge is 2.16. The minimum absolute atomic E-state index is 0.0367. The van der Waals surface area contributed by atoms with Crippen molar-refractivity contribution in [3.8, 4) is 0 Å². The molecule has 5 nitrogen and oxygen atoms in total. The van der Waals surface area contributed by atoms with Crippen molar-refractivity contribution in [3.05, 3.63) is 16.0 Å². The first-order valence-corrected chi connectivity index (χ1v) is 5.83. The quantitative estimate of drug-likeness (QED) is 0.762. The number of hydrogen-bond acceptors (Lipinski definition) is 4. The van der Waals surface area contributed by atoms with Crippen LogP contribution in [0.5, 0.6) is 0 Å². The molecule has 1 amide bonds. The Balaban J connectivity index is 2.14. The Morgan fingerprint density at radius 1 is 1.40 bits per heavy atom. The van der Waals surface area contributed by atoms with Gasteiger partial charge in [0.15, 0.2) is 0 Å². The van der Waals surface area contributed by atoms with E-state index in [2.05, 4.69) is 37.9 Å². The first-order valence-electron chi connectivity index (χ1n) is 4.75. The van der Waals surface area contributed by atoms with Crippen molar-refractivity contribution in [3.63, 3.8) is 0 Å². The third-order valence-electron chi connectivity index (χ3n) is 2.15. The number of nitrogens with one attached hydrogen (secondary N) is 1. The first kappa shape index (κ1) is 10.6. The highest BCUT2D eigenvalue weighted by atomic mass is 127. The van der Waals surface area contributed by atoms with E-state index in [1.807, 2.05) is 4.90 Å². The maximum absolute atomic E-state index is 11.3. The summed E-state index contributed by atoms with van der Waals surface area (Å²) < 4.78 is 0.996. The van der Waals surface area contributed by atoms with Crippen molar-refractivity contribution in [1.29, 1.82) is 0 Å². The summed E-state index contributed by atoms with van der Waals surface area (Å²) >= 11 is 2.16. The Labute approximate surface area is 101 Å². The largest absolute Gasteiger partial charge is 0.354 e. The van der Waals surface area contributed by atoms with Crippen molar-refractivity contribution in [2.24, 2.45) is 0 Å². The van der Waals surface area contributed by atoms with Gasteiger partial charge in [0.05, 0.1) is 6.54 Å². The first-order chi connectivity index (χ1) is 7.25. The molecule has 1 fully saturated rings. The van der Waals surface area contributed by atoms with Crippen molar-refractivity contribution in [1.82, 2.24) is 15.3 Å². The van der Waals surface area contributed by atoms with E-state index in [0.717, 1.165) is 23.1 Å². The number of carbonyl (C=O) groups excluding carboxylic acids is 1. The van der Waals surface area contributed by atoms with Crippen LogP contribution in [0.25, 0.3) is 0 Å². The van der Waals surface area contributed by atoms with Gasteiger partial charge in [-0.05, 0) is 29.0 Å². The molecule has 2 rings (SSSR count). The monoisotopic (exact) mass is 318 g/mol. The molecule has 0 aliphatic carbocycles. The summed E-state index contributed by atoms with van der Waals surface area (Å²) in [5.74, 6) is 0.669. The van der Waals surface area contributed by atoms with Crippen molar-refractivity contribution in [2.75, 3.05) is 24.5 Å². The van der Waals surface area contributed by atoms with E-state index in [-0.39, 0.29) is 5.91 Å². The maximum atomic E-state index is 11.3. The molecule has 80 valence electrons. The zero-order chi connectivity index (χ0) is 10.7. The van der Waals surface area contributed by atoms with Crippen LogP contribution in [0.4, 0.5) is 5.95 Å². The lowest BCUT2D eigenvalue weighted by Crippen LogP contribution is -2.34. The fraction of sp³-hybridized carbons (Fsp3) is 0.444. The van der Waals surface area contributed by atoms with Gasteiger partial charge in [-0.25, -0.2) is 9.97 Å². The molecule has 15 heavy (non-hydrogen) atoms. The molecule has 1 aromatic heterocycles. The van der Waals surface area contributed by atoms with Crippen LogP contribution in [0.3, 0.4) is 0 Å². The lowest BCUT2D eigenvalue weighted by Gasteiger charge is -2.18. The van der Waals surface area contributed by atoms with E-state index < -0.39 is 0 Å². The molecule has 0 atom stereocenters. The second-order valence-electron chi connectivity index (χ2n) is 3.33. The molecule has 0 unspecified atom stereocenters. The number of halogens is 1. The van der Waals surface area contributed by atoms with Crippen LogP contribution in [0.15, 0.2) is 12.4 Å². The normalized spacial score (nSPS) is 17.1. The minimum atomic E-state index is 0.0367. The Bertz CT molecular complexity index is 354. The highest BCUT2D eigenvalue weighted by Crippen LogP contribution is 2.09. The summed E-state index contributed by atoms with van der Waals surface area (Å²) in [7, 11) is 0. The lowest BCUT2D eigenvalue weighted by molar-refractivity contribution is -0.119. The van der Waals surface area contributed by atoms with Crippen LogP contribution in [-0.4, -0.2) is 35.5 Å². The van der Waals surface area contributed by atoms with E-state index in [9.17, 15) is 4.79 Å². The van der Waals surface area contributed by atoms with E-state index in [1.54, 1.807) is 12.4 Å². The average molecular weight is 318 g/mol. The standard InChI is InChI=1S/C9H11IN4O/c10-7-4-12-9(13-5-7)14-3-1-2-11-8(15)6-14/h4-5H,1-3,6H2,(H,11,15). The fourth-order valence-electron chi connectivity index (χ4n) is 1.45. The van der Waals surface area contributed by atoms with E-state index in [0.29, 0.717) is 12.5 Å². The Hall–Kier alpha value is -0.920. The second-order valence-corrected chi connectivity index (χ2v) is 4.57. The predicted molar refractivity (Wildman–Crippen MR) is 64.6 cm³/mol. The molecular weight excluding hydrogens is 307 g/mol. The third-order valence-corrected chi connectivity index (χ3v) is 2.71. The van der Waals surface area contributed by atoms with Gasteiger partial charge in [0.25, 0.3) is 0 Å². The van der Waals surface area contributed by atoms with E-state index in [1.165, 1.54) is 0 Å². The number of nitrogens with zero attached hydrogens (tertiary/aromatic N) is 3. The van der Waals surface area contributed by atoms with Crippen LogP contribution in [0.1, 0.15) is 6.42 Å². The number of aromatic nitrogens is 2. The van der Waals surface area contributed by atoms with Crippen LogP contribution >= 0.6 is 22.6 Å². The number of rotatable bonds is 1. The summed E-state index contributed by atoms with van der Waals surface area (Å²) in [6, 6.07) is 0. The van der Waals surface area contributed by atoms with Gasteiger partial charge in [-0.15, -0.1) is 0 Å². The van der Waals surface area contributed by atoms with Gasteiger partial charge in [-0.1, -0.05) is 0 Å². The topological polar surface area (TPSA) is 58.1 Å². The number of hydrogen-bond donors (Lipinski definition) is 1. The predicted octanol–water partition coefficient (Wildman–Crippen LogP) is 0.407. The van der Waals surface area contributed by atoms with Crippen molar-refractivity contribution >= 4 is 34.4 Å². The van der Waals surface area contributed by atoms with Gasteiger partial charge >= 0.3 is 0 Å². The molecule has 1 aliphatic heterocycles. The van der Waals surface area contributed by atoms with Crippen LogP contribution in [-0.2, 0) is 4.79 Å². The third kappa shape index (κ3) is 2.77. The maximum Gasteiger partial charge on any atom is 0.239 e. The molecule has 0 spiro atoms.